The van der Waals surface area contributed by atoms with Crippen molar-refractivity contribution >= 4 is 23.2 Å². The van der Waals surface area contributed by atoms with Crippen LogP contribution in [0, 0.1) is 11.3 Å². The van der Waals surface area contributed by atoms with Crippen LogP contribution in [0.5, 0.6) is 11.5 Å². The third-order valence-corrected chi connectivity index (χ3v) is 3.84. The molecule has 28 heavy (non-hydrogen) atoms. The second-order valence-corrected chi connectivity index (χ2v) is 5.57. The number of nitrogens with one attached hydrogen (secondary N) is 2. The van der Waals surface area contributed by atoms with Gasteiger partial charge in [-0.25, -0.2) is 9.97 Å². The number of rotatable bonds is 6. The molecule has 1 amide bonds. The number of nitrogens with zero attached hydrogens (tertiary/aromatic N) is 3. The Hall–Kier alpha value is -4.12. The molecule has 0 fully saturated rings. The largest absolute Gasteiger partial charge is 0.497 e. The van der Waals surface area contributed by atoms with Gasteiger partial charge in [-0.3, -0.25) is 4.79 Å². The lowest BCUT2D eigenvalue weighted by atomic mass is 10.2. The Balaban J connectivity index is 1.82. The predicted octanol–water partition coefficient (Wildman–Crippen LogP) is 3.36. The number of para-hydroxylation sites is 1. The van der Waals surface area contributed by atoms with E-state index in [0.717, 1.165) is 0 Å². The van der Waals surface area contributed by atoms with Gasteiger partial charge in [0.1, 0.15) is 23.3 Å². The first-order valence-corrected chi connectivity index (χ1v) is 8.27. The molecule has 0 spiro atoms. The molecule has 0 radical (unpaired) electrons. The Labute approximate surface area is 161 Å². The standard InChI is InChI=1S/C20H17N5O3/c1-27-14-7-8-18(28-2)17(11-14)23-19(26)16-9-10-22-20(25-16)24-15-6-4-3-5-13(15)12-21/h3-11H,1-2H3,(H,23,26)(H,22,24,25). The number of hydrogen-bond donors (Lipinski definition) is 2. The number of methoxy groups -OCH3 is 2. The maximum absolute atomic E-state index is 12.6. The monoisotopic (exact) mass is 375 g/mol. The van der Waals surface area contributed by atoms with Gasteiger partial charge in [-0.05, 0) is 30.3 Å². The van der Waals surface area contributed by atoms with Gasteiger partial charge in [0.05, 0.1) is 31.2 Å². The van der Waals surface area contributed by atoms with Gasteiger partial charge >= 0.3 is 0 Å². The molecule has 0 aliphatic rings. The summed E-state index contributed by atoms with van der Waals surface area (Å²) in [6.07, 6.45) is 1.46. The van der Waals surface area contributed by atoms with Gasteiger partial charge in [-0.2, -0.15) is 5.26 Å². The second-order valence-electron chi connectivity index (χ2n) is 5.57. The molecule has 140 valence electrons. The summed E-state index contributed by atoms with van der Waals surface area (Å²) >= 11 is 0. The Kier molecular flexibility index (Phi) is 5.67. The van der Waals surface area contributed by atoms with Gasteiger partial charge < -0.3 is 20.1 Å². The molecule has 0 atom stereocenters. The van der Waals surface area contributed by atoms with Crippen molar-refractivity contribution < 1.29 is 14.3 Å². The molecular formula is C20H17N5O3. The average Bonchev–Trinajstić information content (AvgIpc) is 2.74. The molecule has 3 rings (SSSR count). The number of aromatic nitrogens is 2. The predicted molar refractivity (Wildman–Crippen MR) is 104 cm³/mol. The van der Waals surface area contributed by atoms with Crippen molar-refractivity contribution in [2.75, 3.05) is 24.9 Å². The van der Waals surface area contributed by atoms with Crippen molar-refractivity contribution in [2.45, 2.75) is 0 Å². The minimum absolute atomic E-state index is 0.150. The van der Waals surface area contributed by atoms with Crippen LogP contribution in [0.4, 0.5) is 17.3 Å². The molecule has 0 aliphatic carbocycles. The van der Waals surface area contributed by atoms with Gasteiger partial charge in [-0.1, -0.05) is 12.1 Å². The Morgan fingerprint density at radius 3 is 2.64 bits per heavy atom. The number of carbonyl (C=O) groups is 1. The first-order valence-electron chi connectivity index (χ1n) is 8.27. The third kappa shape index (κ3) is 4.16. The highest BCUT2D eigenvalue weighted by atomic mass is 16.5. The van der Waals surface area contributed by atoms with Crippen LogP contribution in [0.2, 0.25) is 0 Å². The second kappa shape index (κ2) is 8.51. The molecule has 8 heteroatoms. The van der Waals surface area contributed by atoms with Crippen LogP contribution < -0.4 is 20.1 Å². The van der Waals surface area contributed by atoms with Gasteiger partial charge in [0.25, 0.3) is 5.91 Å². The molecule has 3 aromatic rings. The van der Waals surface area contributed by atoms with E-state index < -0.39 is 5.91 Å². The fourth-order valence-corrected chi connectivity index (χ4v) is 2.45. The summed E-state index contributed by atoms with van der Waals surface area (Å²) in [7, 11) is 3.05. The van der Waals surface area contributed by atoms with E-state index in [4.69, 9.17) is 9.47 Å². The van der Waals surface area contributed by atoms with Crippen LogP contribution in [0.25, 0.3) is 0 Å². The minimum atomic E-state index is -0.439. The number of carbonyl (C=O) groups excluding carboxylic acids is 1. The third-order valence-electron chi connectivity index (χ3n) is 3.84. The highest BCUT2D eigenvalue weighted by Crippen LogP contribution is 2.29. The fourth-order valence-electron chi connectivity index (χ4n) is 2.45. The highest BCUT2D eigenvalue weighted by molar-refractivity contribution is 6.04. The molecule has 0 aliphatic heterocycles. The quantitative estimate of drug-likeness (QED) is 0.680. The molecule has 0 unspecified atom stereocenters. The lowest BCUT2D eigenvalue weighted by Gasteiger charge is -2.12. The van der Waals surface area contributed by atoms with E-state index in [2.05, 4.69) is 26.7 Å². The summed E-state index contributed by atoms with van der Waals surface area (Å²) in [5.41, 5.74) is 1.60. The van der Waals surface area contributed by atoms with Crippen LogP contribution in [0.1, 0.15) is 16.1 Å². The van der Waals surface area contributed by atoms with E-state index in [1.807, 2.05) is 0 Å². The summed E-state index contributed by atoms with van der Waals surface area (Å²) in [6, 6.07) is 15.6. The number of nitriles is 1. The van der Waals surface area contributed by atoms with Crippen molar-refractivity contribution in [3.8, 4) is 17.6 Å². The normalized spacial score (nSPS) is 9.89. The number of hydrogen-bond acceptors (Lipinski definition) is 7. The molecule has 1 heterocycles. The van der Waals surface area contributed by atoms with E-state index in [-0.39, 0.29) is 11.6 Å². The van der Waals surface area contributed by atoms with Gasteiger partial charge in [0.15, 0.2) is 0 Å². The molecule has 0 bridgehead atoms. The Bertz CT molecular complexity index is 1050. The lowest BCUT2D eigenvalue weighted by molar-refractivity contribution is 0.102. The highest BCUT2D eigenvalue weighted by Gasteiger charge is 2.13. The topological polar surface area (TPSA) is 109 Å². The molecule has 1 aromatic heterocycles. The summed E-state index contributed by atoms with van der Waals surface area (Å²) in [5, 5.41) is 14.9. The number of amides is 1. The number of anilines is 3. The first kappa shape index (κ1) is 18.7. The lowest BCUT2D eigenvalue weighted by Crippen LogP contribution is -2.15. The molecule has 2 N–H and O–H groups in total. The number of ether oxygens (including phenoxy) is 2. The van der Waals surface area contributed by atoms with Gasteiger partial charge in [0, 0.05) is 12.3 Å². The zero-order valence-corrected chi connectivity index (χ0v) is 15.3. The first-order chi connectivity index (χ1) is 13.6. The molecule has 2 aromatic carbocycles. The summed E-state index contributed by atoms with van der Waals surface area (Å²) in [4.78, 5) is 21.0. The zero-order valence-electron chi connectivity index (χ0n) is 15.3. The SMILES string of the molecule is COc1ccc(OC)c(NC(=O)c2ccnc(Nc3ccccc3C#N)n2)c1. The maximum Gasteiger partial charge on any atom is 0.274 e. The van der Waals surface area contributed by atoms with Crippen molar-refractivity contribution in [2.24, 2.45) is 0 Å². The van der Waals surface area contributed by atoms with E-state index in [1.54, 1.807) is 42.5 Å². The minimum Gasteiger partial charge on any atom is -0.497 e. The Morgan fingerprint density at radius 1 is 1.07 bits per heavy atom. The zero-order chi connectivity index (χ0) is 19.9. The molecule has 0 saturated heterocycles. The molecular weight excluding hydrogens is 358 g/mol. The van der Waals surface area contributed by atoms with E-state index in [1.165, 1.54) is 26.5 Å². The van der Waals surface area contributed by atoms with Crippen molar-refractivity contribution in [3.05, 3.63) is 66.0 Å². The van der Waals surface area contributed by atoms with Crippen molar-refractivity contribution in [1.29, 1.82) is 5.26 Å². The smallest absolute Gasteiger partial charge is 0.274 e. The fraction of sp³-hybridized carbons (Fsp3) is 0.100. The molecule has 0 saturated carbocycles. The van der Waals surface area contributed by atoms with Gasteiger partial charge in [-0.15, -0.1) is 0 Å². The van der Waals surface area contributed by atoms with Gasteiger partial charge in [0.2, 0.25) is 5.95 Å². The Morgan fingerprint density at radius 2 is 1.89 bits per heavy atom. The van der Waals surface area contributed by atoms with Crippen LogP contribution in [0.15, 0.2) is 54.7 Å². The van der Waals surface area contributed by atoms with E-state index in [0.29, 0.717) is 28.4 Å². The molecule has 8 nitrogen and oxygen atoms in total. The maximum atomic E-state index is 12.6. The van der Waals surface area contributed by atoms with Crippen LogP contribution in [0.3, 0.4) is 0 Å². The average molecular weight is 375 g/mol. The van der Waals surface area contributed by atoms with Crippen LogP contribution in [-0.2, 0) is 0 Å². The van der Waals surface area contributed by atoms with Crippen LogP contribution in [-0.4, -0.2) is 30.1 Å². The van der Waals surface area contributed by atoms with Crippen LogP contribution >= 0.6 is 0 Å². The van der Waals surface area contributed by atoms with Crippen molar-refractivity contribution in [1.82, 2.24) is 9.97 Å². The number of benzene rings is 2. The van der Waals surface area contributed by atoms with Crippen molar-refractivity contribution in [3.63, 3.8) is 0 Å². The van der Waals surface area contributed by atoms with E-state index in [9.17, 15) is 10.1 Å². The summed E-state index contributed by atoms with van der Waals surface area (Å²) < 4.78 is 10.4. The van der Waals surface area contributed by atoms with E-state index >= 15 is 0 Å². The summed E-state index contributed by atoms with van der Waals surface area (Å²) in [5.74, 6) is 0.831. The summed E-state index contributed by atoms with van der Waals surface area (Å²) in [6.45, 7) is 0.